The highest BCUT2D eigenvalue weighted by atomic mass is 16.5. The van der Waals surface area contributed by atoms with Gasteiger partial charge in [-0.2, -0.15) is 5.01 Å². The quantitative estimate of drug-likeness (QED) is 0.208. The Labute approximate surface area is 102 Å². The van der Waals surface area contributed by atoms with Crippen LogP contribution in [-0.2, 0) is 4.74 Å². The zero-order valence-corrected chi connectivity index (χ0v) is 9.50. The second kappa shape index (κ2) is 6.02. The van der Waals surface area contributed by atoms with Crippen LogP contribution in [0.1, 0.15) is 0 Å². The number of aliphatic hydroxyl groups excluding tert-OH is 4. The molecule has 1 saturated heterocycles. The summed E-state index contributed by atoms with van der Waals surface area (Å²) in [4.78, 5) is 21.2. The third kappa shape index (κ3) is 3.11. The lowest BCUT2D eigenvalue weighted by molar-refractivity contribution is -0.213. The van der Waals surface area contributed by atoms with Gasteiger partial charge in [0.2, 0.25) is 0 Å². The third-order valence-electron chi connectivity index (χ3n) is 2.54. The lowest BCUT2D eigenvalue weighted by Gasteiger charge is -2.37. The van der Waals surface area contributed by atoms with Gasteiger partial charge >= 0.3 is 6.03 Å². The van der Waals surface area contributed by atoms with Crippen LogP contribution in [-0.4, -0.2) is 75.8 Å². The molecule has 1 unspecified atom stereocenters. The molecule has 5 N–H and O–H groups in total. The summed E-state index contributed by atoms with van der Waals surface area (Å²) in [6, 6.07) is -1.01. The molecule has 2 amide bonds. The molecule has 1 aliphatic rings. The highest BCUT2D eigenvalue weighted by Gasteiger charge is 2.41. The van der Waals surface area contributed by atoms with Gasteiger partial charge < -0.3 is 30.5 Å². The molecular weight excluding hydrogens is 250 g/mol. The van der Waals surface area contributed by atoms with E-state index >= 15 is 0 Å². The number of amides is 2. The number of carbonyl (C=O) groups is 1. The van der Waals surface area contributed by atoms with Crippen molar-refractivity contribution in [2.24, 2.45) is 5.29 Å². The fourth-order valence-corrected chi connectivity index (χ4v) is 1.45. The fraction of sp³-hybridized carbons (Fsp3) is 0.875. The smallest absolute Gasteiger partial charge is 0.342 e. The van der Waals surface area contributed by atoms with E-state index in [2.05, 4.69) is 5.29 Å². The average molecular weight is 265 g/mol. The maximum absolute atomic E-state index is 11.2. The topological polar surface area (TPSA) is 152 Å². The Balaban J connectivity index is 2.59. The van der Waals surface area contributed by atoms with Gasteiger partial charge in [0.1, 0.15) is 24.4 Å². The van der Waals surface area contributed by atoms with Crippen molar-refractivity contribution in [3.63, 3.8) is 0 Å². The Morgan fingerprint density at radius 2 is 2.06 bits per heavy atom. The SMILES string of the molecule is CN(N=O)C(=O)NC(O)[C@H]1OC[C@H](O)[C@@H](O)[C@@H]1O. The highest BCUT2D eigenvalue weighted by Crippen LogP contribution is 2.17. The first-order valence-corrected chi connectivity index (χ1v) is 5.09. The van der Waals surface area contributed by atoms with Crippen LogP contribution in [0.5, 0.6) is 0 Å². The lowest BCUT2D eigenvalue weighted by Crippen LogP contribution is -2.60. The van der Waals surface area contributed by atoms with E-state index in [1.807, 2.05) is 5.32 Å². The van der Waals surface area contributed by atoms with Gasteiger partial charge in [0.25, 0.3) is 0 Å². The third-order valence-corrected chi connectivity index (χ3v) is 2.54. The van der Waals surface area contributed by atoms with E-state index in [0.29, 0.717) is 5.01 Å². The summed E-state index contributed by atoms with van der Waals surface area (Å²) >= 11 is 0. The van der Waals surface area contributed by atoms with Gasteiger partial charge in [-0.3, -0.25) is 0 Å². The van der Waals surface area contributed by atoms with Gasteiger partial charge in [-0.1, -0.05) is 0 Å². The second-order valence-corrected chi connectivity index (χ2v) is 3.85. The van der Waals surface area contributed by atoms with Crippen LogP contribution in [0.25, 0.3) is 0 Å². The van der Waals surface area contributed by atoms with E-state index in [-0.39, 0.29) is 6.61 Å². The van der Waals surface area contributed by atoms with Gasteiger partial charge in [0.15, 0.2) is 6.23 Å². The molecule has 104 valence electrons. The summed E-state index contributed by atoms with van der Waals surface area (Å²) in [6.07, 6.45) is -7.36. The zero-order chi connectivity index (χ0) is 13.9. The monoisotopic (exact) mass is 265 g/mol. The summed E-state index contributed by atoms with van der Waals surface area (Å²) in [7, 11) is 1.06. The molecule has 1 fully saturated rings. The molecule has 0 saturated carbocycles. The molecule has 1 aliphatic heterocycles. The van der Waals surface area contributed by atoms with E-state index in [0.717, 1.165) is 7.05 Å². The van der Waals surface area contributed by atoms with Crippen LogP contribution >= 0.6 is 0 Å². The number of nitrogens with one attached hydrogen (secondary N) is 1. The molecule has 0 radical (unpaired) electrons. The number of nitrogens with zero attached hydrogens (tertiary/aromatic N) is 2. The van der Waals surface area contributed by atoms with Crippen molar-refractivity contribution in [3.8, 4) is 0 Å². The van der Waals surface area contributed by atoms with E-state index < -0.39 is 36.7 Å². The maximum atomic E-state index is 11.2. The van der Waals surface area contributed by atoms with Crippen molar-refractivity contribution < 1.29 is 30.0 Å². The molecule has 10 nitrogen and oxygen atoms in total. The number of nitroso groups, excluding NO2 is 1. The number of ether oxygens (including phenoxy) is 1. The predicted molar refractivity (Wildman–Crippen MR) is 55.9 cm³/mol. The second-order valence-electron chi connectivity index (χ2n) is 3.85. The van der Waals surface area contributed by atoms with Gasteiger partial charge in [-0.15, -0.1) is 4.91 Å². The summed E-state index contributed by atoms with van der Waals surface area (Å²) in [5, 5.41) is 42.3. The Morgan fingerprint density at radius 1 is 1.44 bits per heavy atom. The Bertz CT molecular complexity index is 315. The molecule has 0 aromatic heterocycles. The molecule has 0 aliphatic carbocycles. The fourth-order valence-electron chi connectivity index (χ4n) is 1.45. The van der Waals surface area contributed by atoms with E-state index in [1.54, 1.807) is 0 Å². The summed E-state index contributed by atoms with van der Waals surface area (Å²) in [6.45, 7) is -0.308. The van der Waals surface area contributed by atoms with Crippen LogP contribution in [0.15, 0.2) is 5.29 Å². The van der Waals surface area contributed by atoms with Crippen LogP contribution < -0.4 is 5.32 Å². The molecular formula is C8H15N3O7. The number of aliphatic hydroxyl groups is 4. The van der Waals surface area contributed by atoms with Crippen LogP contribution in [0.2, 0.25) is 0 Å². The van der Waals surface area contributed by atoms with Gasteiger partial charge in [0, 0.05) is 7.05 Å². The van der Waals surface area contributed by atoms with Crippen molar-refractivity contribution in [1.82, 2.24) is 10.3 Å². The van der Waals surface area contributed by atoms with Crippen molar-refractivity contribution in [2.75, 3.05) is 13.7 Å². The average Bonchev–Trinajstić information content (AvgIpc) is 2.34. The number of carbonyl (C=O) groups excluding carboxylic acids is 1. The Kier molecular flexibility index (Phi) is 4.93. The van der Waals surface area contributed by atoms with Crippen molar-refractivity contribution in [3.05, 3.63) is 4.91 Å². The normalized spacial score (nSPS) is 33.6. The summed E-state index contributed by atoms with van der Waals surface area (Å²) < 4.78 is 4.90. The van der Waals surface area contributed by atoms with Gasteiger partial charge in [0.05, 0.1) is 11.9 Å². The first-order valence-electron chi connectivity index (χ1n) is 5.09. The Morgan fingerprint density at radius 3 is 2.61 bits per heavy atom. The molecule has 5 atom stereocenters. The molecule has 0 aromatic rings. The first kappa shape index (κ1) is 14.7. The minimum absolute atomic E-state index is 0.308. The van der Waals surface area contributed by atoms with Crippen molar-refractivity contribution >= 4 is 6.03 Å². The Hall–Kier alpha value is -1.33. The van der Waals surface area contributed by atoms with Crippen molar-refractivity contribution in [2.45, 2.75) is 30.6 Å². The minimum atomic E-state index is -1.67. The minimum Gasteiger partial charge on any atom is -0.388 e. The number of urea groups is 1. The van der Waals surface area contributed by atoms with E-state index in [4.69, 9.17) is 4.74 Å². The van der Waals surface area contributed by atoms with Gasteiger partial charge in [-0.05, 0) is 0 Å². The molecule has 0 bridgehead atoms. The summed E-state index contributed by atoms with van der Waals surface area (Å²) in [5.41, 5.74) is 0. The van der Waals surface area contributed by atoms with Gasteiger partial charge in [-0.25, -0.2) is 4.79 Å². The summed E-state index contributed by atoms with van der Waals surface area (Å²) in [5.74, 6) is 0. The molecule has 0 aromatic carbocycles. The largest absolute Gasteiger partial charge is 0.388 e. The van der Waals surface area contributed by atoms with Crippen LogP contribution in [0.3, 0.4) is 0 Å². The molecule has 18 heavy (non-hydrogen) atoms. The molecule has 0 spiro atoms. The first-order chi connectivity index (χ1) is 8.38. The lowest BCUT2D eigenvalue weighted by atomic mass is 9.99. The molecule has 1 heterocycles. The molecule has 10 heteroatoms. The maximum Gasteiger partial charge on any atom is 0.342 e. The van der Waals surface area contributed by atoms with Crippen molar-refractivity contribution in [1.29, 1.82) is 0 Å². The number of rotatable bonds is 3. The number of hydrogen-bond acceptors (Lipinski definition) is 8. The van der Waals surface area contributed by atoms with E-state index in [9.17, 15) is 30.1 Å². The predicted octanol–water partition coefficient (Wildman–Crippen LogP) is -2.89. The van der Waals surface area contributed by atoms with Crippen LogP contribution in [0, 0.1) is 4.91 Å². The zero-order valence-electron chi connectivity index (χ0n) is 9.50. The van der Waals surface area contributed by atoms with E-state index in [1.165, 1.54) is 0 Å². The number of hydrogen-bond donors (Lipinski definition) is 5. The van der Waals surface area contributed by atoms with Crippen LogP contribution in [0.4, 0.5) is 4.79 Å². The molecule has 1 rings (SSSR count). The standard InChI is InChI=1S/C8H15N3O7/c1-11(10-17)8(16)9-7(15)6-5(14)4(13)3(12)2-18-6/h3-7,12-15H,2H2,1H3,(H,9,16)/t3-,4+,5-,6-,7?/m0/s1. The highest BCUT2D eigenvalue weighted by molar-refractivity contribution is 5.73.